The second-order valence-corrected chi connectivity index (χ2v) is 8.46. The van der Waals surface area contributed by atoms with Gasteiger partial charge in [0.15, 0.2) is 0 Å². The summed E-state index contributed by atoms with van der Waals surface area (Å²) < 4.78 is 2.07. The lowest BCUT2D eigenvalue weighted by Crippen LogP contribution is -1.96. The zero-order valence-electron chi connectivity index (χ0n) is 19.1. The van der Waals surface area contributed by atoms with E-state index < -0.39 is 0 Å². The highest BCUT2D eigenvalue weighted by molar-refractivity contribution is 6.16. The summed E-state index contributed by atoms with van der Waals surface area (Å²) in [6, 6.07) is 34.4. The third kappa shape index (κ3) is 3.07. The van der Waals surface area contributed by atoms with Crippen LogP contribution in [0.1, 0.15) is 18.2 Å². The molecule has 0 atom stereocenters. The molecule has 2 aromatic heterocycles. The monoisotopic (exact) mass is 436 g/mol. The predicted molar refractivity (Wildman–Crippen MR) is 146 cm³/mol. The molecule has 0 amide bonds. The standard InChI is InChI=1S/C32H24N2/c1-3-12-29-22(4-2)19-20-30-31(32(33-34(29)30)23-13-6-5-7-14-23)28-21-24-15-8-9-16-25(24)26-17-10-11-18-27(26)28/h3-21H,2H2,1H3/b12-3-. The number of pyridine rings is 1. The minimum Gasteiger partial charge on any atom is -0.232 e. The number of rotatable bonds is 4. The molecule has 6 aromatic rings. The molecule has 2 nitrogen and oxygen atoms in total. The van der Waals surface area contributed by atoms with E-state index in [0.29, 0.717) is 0 Å². The summed E-state index contributed by atoms with van der Waals surface area (Å²) in [5.74, 6) is 0. The van der Waals surface area contributed by atoms with Gasteiger partial charge in [0.25, 0.3) is 0 Å². The van der Waals surface area contributed by atoms with E-state index in [2.05, 4.69) is 114 Å². The Morgan fingerprint density at radius 2 is 1.47 bits per heavy atom. The van der Waals surface area contributed by atoms with Crippen molar-refractivity contribution >= 4 is 39.2 Å². The maximum atomic E-state index is 5.19. The Labute approximate surface area is 199 Å². The largest absolute Gasteiger partial charge is 0.232 e. The van der Waals surface area contributed by atoms with E-state index in [9.17, 15) is 0 Å². The highest BCUT2D eigenvalue weighted by Gasteiger charge is 2.21. The molecule has 0 saturated carbocycles. The molecule has 4 aromatic carbocycles. The van der Waals surface area contributed by atoms with Crippen LogP contribution in [0.3, 0.4) is 0 Å². The van der Waals surface area contributed by atoms with Crippen LogP contribution >= 0.6 is 0 Å². The zero-order valence-corrected chi connectivity index (χ0v) is 19.1. The van der Waals surface area contributed by atoms with E-state index in [4.69, 9.17) is 5.10 Å². The Hall–Kier alpha value is -4.43. The molecule has 0 aliphatic carbocycles. The number of allylic oxidation sites excluding steroid dienone is 1. The van der Waals surface area contributed by atoms with Crippen molar-refractivity contribution in [2.45, 2.75) is 6.92 Å². The maximum absolute atomic E-state index is 5.19. The molecule has 0 aliphatic rings. The molecule has 2 heteroatoms. The molecule has 34 heavy (non-hydrogen) atoms. The van der Waals surface area contributed by atoms with E-state index >= 15 is 0 Å². The average molecular weight is 437 g/mol. The highest BCUT2D eigenvalue weighted by Crippen LogP contribution is 2.42. The normalized spacial score (nSPS) is 11.7. The molecule has 0 radical (unpaired) electrons. The first kappa shape index (κ1) is 20.2. The van der Waals surface area contributed by atoms with Crippen LogP contribution in [-0.2, 0) is 0 Å². The molecule has 0 N–H and O–H groups in total. The minimum atomic E-state index is 0.980. The third-order valence-corrected chi connectivity index (χ3v) is 6.49. The van der Waals surface area contributed by atoms with Gasteiger partial charge in [-0.15, -0.1) is 0 Å². The third-order valence-electron chi connectivity index (χ3n) is 6.49. The number of hydrogen-bond acceptors (Lipinski definition) is 1. The van der Waals surface area contributed by atoms with Crippen LogP contribution in [0.5, 0.6) is 0 Å². The van der Waals surface area contributed by atoms with Crippen LogP contribution in [-0.4, -0.2) is 9.61 Å². The SMILES string of the molecule is C=Cc1ccc2c(-c3cc4ccccc4c4ccccc34)c(-c3ccccc3)nn2c1/C=C\C. The molecule has 6 rings (SSSR count). The summed E-state index contributed by atoms with van der Waals surface area (Å²) in [4.78, 5) is 0. The van der Waals surface area contributed by atoms with Crippen molar-refractivity contribution in [3.63, 3.8) is 0 Å². The number of nitrogens with zero attached hydrogens (tertiary/aromatic N) is 2. The predicted octanol–water partition coefficient (Wildman–Crippen LogP) is 8.65. The number of benzene rings is 4. The smallest absolute Gasteiger partial charge is 0.101 e. The molecular formula is C32H24N2. The van der Waals surface area contributed by atoms with E-state index in [-0.39, 0.29) is 0 Å². The topological polar surface area (TPSA) is 17.3 Å². The zero-order chi connectivity index (χ0) is 23.1. The van der Waals surface area contributed by atoms with E-state index in [1.807, 2.05) is 19.1 Å². The van der Waals surface area contributed by atoms with Crippen molar-refractivity contribution in [3.05, 3.63) is 121 Å². The van der Waals surface area contributed by atoms with Gasteiger partial charge in [-0.3, -0.25) is 0 Å². The van der Waals surface area contributed by atoms with Gasteiger partial charge < -0.3 is 0 Å². The lowest BCUT2D eigenvalue weighted by molar-refractivity contribution is 0.949. The fourth-order valence-corrected chi connectivity index (χ4v) is 4.97. The number of aromatic nitrogens is 2. The van der Waals surface area contributed by atoms with Gasteiger partial charge in [0.05, 0.1) is 11.2 Å². The second-order valence-electron chi connectivity index (χ2n) is 8.46. The molecule has 0 aliphatic heterocycles. The molecule has 0 saturated heterocycles. The molecular weight excluding hydrogens is 412 g/mol. The van der Waals surface area contributed by atoms with E-state index in [0.717, 1.165) is 33.6 Å². The van der Waals surface area contributed by atoms with Crippen molar-refractivity contribution in [1.82, 2.24) is 9.61 Å². The number of fused-ring (bicyclic) bond motifs is 4. The van der Waals surface area contributed by atoms with Gasteiger partial charge in [0.2, 0.25) is 0 Å². The minimum absolute atomic E-state index is 0.980. The van der Waals surface area contributed by atoms with Gasteiger partial charge in [0.1, 0.15) is 5.69 Å². The first-order chi connectivity index (χ1) is 16.8. The fraction of sp³-hybridized carbons (Fsp3) is 0.0312. The Morgan fingerprint density at radius 3 is 2.24 bits per heavy atom. The molecule has 162 valence electrons. The summed E-state index contributed by atoms with van der Waals surface area (Å²) >= 11 is 0. The summed E-state index contributed by atoms with van der Waals surface area (Å²) in [7, 11) is 0. The lowest BCUT2D eigenvalue weighted by Gasteiger charge is -2.12. The van der Waals surface area contributed by atoms with E-state index in [1.165, 1.54) is 27.1 Å². The first-order valence-electron chi connectivity index (χ1n) is 11.6. The van der Waals surface area contributed by atoms with E-state index in [1.54, 1.807) is 0 Å². The van der Waals surface area contributed by atoms with Crippen molar-refractivity contribution in [2.75, 3.05) is 0 Å². The van der Waals surface area contributed by atoms with Gasteiger partial charge in [-0.25, -0.2) is 4.52 Å². The van der Waals surface area contributed by atoms with Crippen LogP contribution < -0.4 is 0 Å². The van der Waals surface area contributed by atoms with Crippen molar-refractivity contribution in [2.24, 2.45) is 0 Å². The molecule has 0 fully saturated rings. The Kier molecular flexibility index (Phi) is 4.85. The van der Waals surface area contributed by atoms with Crippen LogP contribution in [0.2, 0.25) is 0 Å². The van der Waals surface area contributed by atoms with Gasteiger partial charge in [-0.1, -0.05) is 104 Å². The summed E-state index contributed by atoms with van der Waals surface area (Å²) in [5.41, 5.74) is 7.60. The summed E-state index contributed by atoms with van der Waals surface area (Å²) in [6.07, 6.45) is 6.05. The molecule has 0 unspecified atom stereocenters. The molecule has 0 spiro atoms. The number of hydrogen-bond donors (Lipinski definition) is 0. The van der Waals surface area contributed by atoms with Crippen molar-refractivity contribution in [1.29, 1.82) is 0 Å². The van der Waals surface area contributed by atoms with Crippen LogP contribution in [0.25, 0.3) is 61.6 Å². The molecule has 2 heterocycles. The summed E-state index contributed by atoms with van der Waals surface area (Å²) in [5, 5.41) is 10.2. The quantitative estimate of drug-likeness (QED) is 0.253. The van der Waals surface area contributed by atoms with Crippen molar-refractivity contribution in [3.8, 4) is 22.4 Å². The first-order valence-corrected chi connectivity index (χ1v) is 11.6. The second kappa shape index (κ2) is 8.17. The Morgan fingerprint density at radius 1 is 0.765 bits per heavy atom. The van der Waals surface area contributed by atoms with Gasteiger partial charge >= 0.3 is 0 Å². The van der Waals surface area contributed by atoms with Crippen LogP contribution in [0.15, 0.2) is 110 Å². The average Bonchev–Trinajstić information content (AvgIpc) is 3.29. The van der Waals surface area contributed by atoms with Crippen LogP contribution in [0, 0.1) is 0 Å². The van der Waals surface area contributed by atoms with Gasteiger partial charge in [-0.2, -0.15) is 5.10 Å². The Balaban J connectivity index is 1.81. The molecule has 0 bridgehead atoms. The maximum Gasteiger partial charge on any atom is 0.101 e. The lowest BCUT2D eigenvalue weighted by atomic mass is 9.91. The van der Waals surface area contributed by atoms with Gasteiger partial charge in [-0.05, 0) is 57.8 Å². The summed E-state index contributed by atoms with van der Waals surface area (Å²) in [6.45, 7) is 6.06. The van der Waals surface area contributed by atoms with Crippen LogP contribution in [0.4, 0.5) is 0 Å². The Bertz CT molecular complexity index is 1720. The fourth-order valence-electron chi connectivity index (χ4n) is 4.97. The van der Waals surface area contributed by atoms with Crippen molar-refractivity contribution < 1.29 is 0 Å². The van der Waals surface area contributed by atoms with Gasteiger partial charge in [0, 0.05) is 11.1 Å². The highest BCUT2D eigenvalue weighted by atomic mass is 15.2.